The first kappa shape index (κ1) is 13.2. The van der Waals surface area contributed by atoms with E-state index in [1.807, 2.05) is 24.5 Å². The van der Waals surface area contributed by atoms with Crippen LogP contribution in [0.25, 0.3) is 32.3 Å². The third-order valence-corrected chi connectivity index (χ3v) is 3.64. The van der Waals surface area contributed by atoms with Crippen molar-refractivity contribution in [2.75, 3.05) is 0 Å². The molecular weight excluding hydrogens is 364 g/mol. The molecule has 0 aliphatic heterocycles. The molecule has 0 unspecified atom stereocenters. The van der Waals surface area contributed by atoms with E-state index in [0.717, 1.165) is 16.2 Å². The molecule has 0 aliphatic rings. The second-order valence-electron chi connectivity index (χ2n) is 4.74. The number of hydrogen-bond donors (Lipinski definition) is 0. The fourth-order valence-electron chi connectivity index (χ4n) is 2.74. The molecule has 3 aromatic carbocycles. The molecule has 1 heterocycles. The molecule has 1 nitrogen and oxygen atoms in total. The molecule has 0 aliphatic carbocycles. The van der Waals surface area contributed by atoms with E-state index in [0.29, 0.717) is 0 Å². The smallest absolute Gasteiger partial charge is 0.174 e. The van der Waals surface area contributed by atoms with Gasteiger partial charge in [0.15, 0.2) is 12.4 Å². The molecule has 0 saturated carbocycles. The lowest BCUT2D eigenvalue weighted by Crippen LogP contribution is -3.00. The Labute approximate surface area is 132 Å². The summed E-state index contributed by atoms with van der Waals surface area (Å²) in [7, 11) is 0. The first-order chi connectivity index (χ1) is 9.33. The average molecular weight is 375 g/mol. The predicted octanol–water partition coefficient (Wildman–Crippen LogP) is 1.10. The van der Waals surface area contributed by atoms with E-state index in [9.17, 15) is 4.39 Å². The molecule has 1 N–H and O–H groups in total. The lowest BCUT2D eigenvalue weighted by molar-refractivity contribution is -0.375. The molecule has 0 spiro atoms. The summed E-state index contributed by atoms with van der Waals surface area (Å²) >= 11 is 0. The van der Waals surface area contributed by atoms with Gasteiger partial charge in [-0.2, -0.15) is 0 Å². The third-order valence-electron chi connectivity index (χ3n) is 3.64. The standard InChI is InChI=1S/C17H10FN.HI/c18-13-3-6-14-11(9-13)1-4-17-15-7-8-19-10-12(15)2-5-16(14)17;/h1-10H;1H. The maximum absolute atomic E-state index is 13.3. The Morgan fingerprint density at radius 3 is 2.15 bits per heavy atom. The fraction of sp³-hybridized carbons (Fsp3) is 0. The Hall–Kier alpha value is -1.75. The topological polar surface area (TPSA) is 14.1 Å². The SMILES string of the molecule is Fc1ccc2c(ccc3c4cc[nH+]cc4ccc23)c1.[I-]. The number of aromatic amines is 1. The fourth-order valence-corrected chi connectivity index (χ4v) is 2.74. The molecular formula is C17H11FIN. The minimum atomic E-state index is -0.192. The van der Waals surface area contributed by atoms with Crippen LogP contribution in [-0.2, 0) is 0 Å². The highest BCUT2D eigenvalue weighted by atomic mass is 127. The summed E-state index contributed by atoms with van der Waals surface area (Å²) in [6.07, 6.45) is 3.92. The van der Waals surface area contributed by atoms with Gasteiger partial charge in [0.1, 0.15) is 5.82 Å². The van der Waals surface area contributed by atoms with E-state index in [4.69, 9.17) is 0 Å². The van der Waals surface area contributed by atoms with Gasteiger partial charge in [-0.1, -0.05) is 24.3 Å². The molecule has 20 heavy (non-hydrogen) atoms. The molecule has 0 radical (unpaired) electrons. The maximum atomic E-state index is 13.3. The van der Waals surface area contributed by atoms with Gasteiger partial charge in [0, 0.05) is 16.8 Å². The number of halogens is 2. The second kappa shape index (κ2) is 4.98. The molecule has 0 fully saturated rings. The Kier molecular flexibility index (Phi) is 3.30. The third kappa shape index (κ3) is 1.93. The van der Waals surface area contributed by atoms with E-state index in [1.165, 1.54) is 22.2 Å². The summed E-state index contributed by atoms with van der Waals surface area (Å²) in [5, 5.41) is 6.78. The van der Waals surface area contributed by atoms with E-state index in [2.05, 4.69) is 29.2 Å². The van der Waals surface area contributed by atoms with Crippen LogP contribution in [0.15, 0.2) is 60.9 Å². The monoisotopic (exact) mass is 375 g/mol. The predicted molar refractivity (Wildman–Crippen MR) is 75.5 cm³/mol. The number of nitrogens with one attached hydrogen (secondary N) is 1. The van der Waals surface area contributed by atoms with Crippen molar-refractivity contribution in [3.63, 3.8) is 0 Å². The van der Waals surface area contributed by atoms with Crippen LogP contribution in [0.4, 0.5) is 4.39 Å². The van der Waals surface area contributed by atoms with E-state index >= 15 is 0 Å². The van der Waals surface area contributed by atoms with Crippen molar-refractivity contribution in [3.05, 3.63) is 66.7 Å². The van der Waals surface area contributed by atoms with E-state index in [1.54, 1.807) is 6.07 Å². The van der Waals surface area contributed by atoms with Gasteiger partial charge in [0.2, 0.25) is 0 Å². The van der Waals surface area contributed by atoms with Crippen molar-refractivity contribution in [1.82, 2.24) is 0 Å². The number of fused-ring (bicyclic) bond motifs is 5. The lowest BCUT2D eigenvalue weighted by Gasteiger charge is -2.06. The van der Waals surface area contributed by atoms with Crippen LogP contribution in [0, 0.1) is 5.82 Å². The minimum absolute atomic E-state index is 0. The number of rotatable bonds is 0. The first-order valence-corrected chi connectivity index (χ1v) is 6.24. The molecule has 0 bridgehead atoms. The summed E-state index contributed by atoms with van der Waals surface area (Å²) in [4.78, 5) is 3.10. The van der Waals surface area contributed by atoms with Crippen LogP contribution in [0.5, 0.6) is 0 Å². The van der Waals surface area contributed by atoms with Crippen LogP contribution in [-0.4, -0.2) is 0 Å². The highest BCUT2D eigenvalue weighted by Crippen LogP contribution is 2.30. The van der Waals surface area contributed by atoms with Crippen LogP contribution in [0.1, 0.15) is 0 Å². The Bertz CT molecular complexity index is 934. The molecule has 0 amide bonds. The number of pyridine rings is 1. The summed E-state index contributed by atoms with van der Waals surface area (Å²) in [5.74, 6) is -0.192. The van der Waals surface area contributed by atoms with Crippen molar-refractivity contribution in [2.45, 2.75) is 0 Å². The van der Waals surface area contributed by atoms with Gasteiger partial charge in [-0.3, -0.25) is 0 Å². The molecule has 1 aromatic heterocycles. The van der Waals surface area contributed by atoms with Gasteiger partial charge in [0.25, 0.3) is 0 Å². The Balaban J connectivity index is 0.00000121. The van der Waals surface area contributed by atoms with Crippen molar-refractivity contribution < 1.29 is 33.4 Å². The highest BCUT2D eigenvalue weighted by Gasteiger charge is 2.06. The summed E-state index contributed by atoms with van der Waals surface area (Å²) in [6.45, 7) is 0. The summed E-state index contributed by atoms with van der Waals surface area (Å²) < 4.78 is 13.3. The van der Waals surface area contributed by atoms with Crippen LogP contribution < -0.4 is 29.0 Å². The number of aromatic nitrogens is 1. The zero-order valence-corrected chi connectivity index (χ0v) is 12.7. The zero-order chi connectivity index (χ0) is 12.8. The van der Waals surface area contributed by atoms with Gasteiger partial charge < -0.3 is 24.0 Å². The van der Waals surface area contributed by atoms with Gasteiger partial charge in [0.05, 0.1) is 0 Å². The van der Waals surface area contributed by atoms with Crippen molar-refractivity contribution in [3.8, 4) is 0 Å². The van der Waals surface area contributed by atoms with Crippen LogP contribution in [0.3, 0.4) is 0 Å². The molecule has 0 saturated heterocycles. The number of benzene rings is 3. The van der Waals surface area contributed by atoms with Gasteiger partial charge in [-0.05, 0) is 39.7 Å². The van der Waals surface area contributed by atoms with Crippen molar-refractivity contribution in [1.29, 1.82) is 0 Å². The van der Waals surface area contributed by atoms with E-state index in [-0.39, 0.29) is 29.8 Å². The number of hydrogen-bond acceptors (Lipinski definition) is 0. The maximum Gasteiger partial charge on any atom is 0.174 e. The molecule has 98 valence electrons. The largest absolute Gasteiger partial charge is 1.00 e. The summed E-state index contributed by atoms with van der Waals surface area (Å²) in [5.41, 5.74) is 0. The zero-order valence-electron chi connectivity index (χ0n) is 10.5. The van der Waals surface area contributed by atoms with Gasteiger partial charge in [-0.25, -0.2) is 9.37 Å². The van der Waals surface area contributed by atoms with E-state index < -0.39 is 0 Å². The first-order valence-electron chi connectivity index (χ1n) is 6.24. The Morgan fingerprint density at radius 1 is 0.700 bits per heavy atom. The molecule has 0 atom stereocenters. The van der Waals surface area contributed by atoms with Crippen LogP contribution >= 0.6 is 0 Å². The summed E-state index contributed by atoms with van der Waals surface area (Å²) in [6, 6.07) is 15.3. The Morgan fingerprint density at radius 2 is 1.35 bits per heavy atom. The van der Waals surface area contributed by atoms with Crippen molar-refractivity contribution in [2.24, 2.45) is 0 Å². The quantitative estimate of drug-likeness (QED) is 0.323. The molecule has 3 heteroatoms. The number of H-pyrrole nitrogens is 1. The molecule has 4 aromatic rings. The minimum Gasteiger partial charge on any atom is -1.00 e. The van der Waals surface area contributed by atoms with Gasteiger partial charge in [-0.15, -0.1) is 0 Å². The molecule has 4 rings (SSSR count). The van der Waals surface area contributed by atoms with Crippen LogP contribution in [0.2, 0.25) is 0 Å². The lowest BCUT2D eigenvalue weighted by atomic mass is 9.98. The second-order valence-corrected chi connectivity index (χ2v) is 4.74. The average Bonchev–Trinajstić information content (AvgIpc) is 2.46. The van der Waals surface area contributed by atoms with Gasteiger partial charge >= 0.3 is 0 Å². The van der Waals surface area contributed by atoms with Crippen molar-refractivity contribution >= 4 is 32.3 Å². The normalized spacial score (nSPS) is 10.8. The highest BCUT2D eigenvalue weighted by molar-refractivity contribution is 6.16.